The van der Waals surface area contributed by atoms with Gasteiger partial charge in [-0.1, -0.05) is 12.1 Å². The normalized spacial score (nSPS) is 20.8. The second kappa shape index (κ2) is 7.80. The number of likely N-dealkylation sites (tertiary alicyclic amines) is 2. The summed E-state index contributed by atoms with van der Waals surface area (Å²) >= 11 is 0. The first-order valence-corrected chi connectivity index (χ1v) is 9.73. The van der Waals surface area contributed by atoms with E-state index in [9.17, 15) is 4.79 Å². The molecular weight excluding hydrogens is 354 g/mol. The number of amides is 1. The lowest BCUT2D eigenvalue weighted by Crippen LogP contribution is -2.60. The quantitative estimate of drug-likeness (QED) is 0.769. The first-order chi connectivity index (χ1) is 13.5. The molecule has 2 fully saturated rings. The monoisotopic (exact) mass is 381 g/mol. The Morgan fingerprint density at radius 1 is 1.14 bits per heavy atom. The number of hydrogen-bond donors (Lipinski definition) is 0. The standard InChI is InChI=1S/C22H27N3O3/c1-17-4-3-5-20(10-17)28-13-21(26)25-15-22(16-25)11-18(24(2)14-22)12-27-19-6-8-23-9-7-19/h3-10,18H,11-16H2,1-2H3. The number of ether oxygens (including phenoxy) is 2. The zero-order valence-corrected chi connectivity index (χ0v) is 16.5. The molecule has 2 aliphatic heterocycles. The van der Waals surface area contributed by atoms with Crippen molar-refractivity contribution >= 4 is 5.91 Å². The molecule has 1 aromatic carbocycles. The van der Waals surface area contributed by atoms with Crippen LogP contribution in [0.2, 0.25) is 0 Å². The van der Waals surface area contributed by atoms with Crippen LogP contribution in [0, 0.1) is 12.3 Å². The molecule has 28 heavy (non-hydrogen) atoms. The molecular formula is C22H27N3O3. The second-order valence-electron chi connectivity index (χ2n) is 8.12. The molecule has 1 amide bonds. The van der Waals surface area contributed by atoms with Crippen molar-refractivity contribution < 1.29 is 14.3 Å². The molecule has 1 unspecified atom stereocenters. The van der Waals surface area contributed by atoms with Crippen molar-refractivity contribution in [2.45, 2.75) is 19.4 Å². The third-order valence-electron chi connectivity index (χ3n) is 5.73. The number of aryl methyl sites for hydroxylation is 1. The van der Waals surface area contributed by atoms with E-state index in [0.29, 0.717) is 12.6 Å². The van der Waals surface area contributed by atoms with Crippen LogP contribution in [0.1, 0.15) is 12.0 Å². The van der Waals surface area contributed by atoms with E-state index in [2.05, 4.69) is 16.9 Å². The number of nitrogens with zero attached hydrogens (tertiary/aromatic N) is 3. The van der Waals surface area contributed by atoms with Gasteiger partial charge in [0.05, 0.1) is 0 Å². The summed E-state index contributed by atoms with van der Waals surface area (Å²) in [6.45, 7) is 5.38. The molecule has 1 spiro atoms. The molecule has 0 saturated carbocycles. The highest BCUT2D eigenvalue weighted by atomic mass is 16.5. The molecule has 4 rings (SSSR count). The van der Waals surface area contributed by atoms with Gasteiger partial charge in [-0.2, -0.15) is 0 Å². The summed E-state index contributed by atoms with van der Waals surface area (Å²) in [5.41, 5.74) is 1.32. The van der Waals surface area contributed by atoms with Crippen LogP contribution in [0.25, 0.3) is 0 Å². The van der Waals surface area contributed by atoms with E-state index in [1.807, 2.05) is 48.2 Å². The summed E-state index contributed by atoms with van der Waals surface area (Å²) in [6.07, 6.45) is 4.53. The number of benzene rings is 1. The molecule has 0 radical (unpaired) electrons. The number of carbonyl (C=O) groups is 1. The lowest BCUT2D eigenvalue weighted by atomic mass is 9.78. The molecule has 2 saturated heterocycles. The van der Waals surface area contributed by atoms with Crippen LogP contribution in [0.15, 0.2) is 48.8 Å². The van der Waals surface area contributed by atoms with Gasteiger partial charge in [-0.3, -0.25) is 14.7 Å². The number of hydrogen-bond acceptors (Lipinski definition) is 5. The highest BCUT2D eigenvalue weighted by Gasteiger charge is 2.51. The van der Waals surface area contributed by atoms with Gasteiger partial charge in [0.15, 0.2) is 6.61 Å². The van der Waals surface area contributed by atoms with E-state index >= 15 is 0 Å². The minimum atomic E-state index is 0.0614. The average Bonchev–Trinajstić information content (AvgIpc) is 3.01. The Hall–Kier alpha value is -2.60. The van der Waals surface area contributed by atoms with Crippen molar-refractivity contribution in [2.24, 2.45) is 5.41 Å². The van der Waals surface area contributed by atoms with Gasteiger partial charge < -0.3 is 14.4 Å². The largest absolute Gasteiger partial charge is 0.492 e. The van der Waals surface area contributed by atoms with Gasteiger partial charge in [0.25, 0.3) is 5.91 Å². The van der Waals surface area contributed by atoms with Crippen molar-refractivity contribution in [3.05, 3.63) is 54.4 Å². The van der Waals surface area contributed by atoms with E-state index in [4.69, 9.17) is 9.47 Å². The van der Waals surface area contributed by atoms with Gasteiger partial charge in [-0.25, -0.2) is 0 Å². The minimum absolute atomic E-state index is 0.0614. The maximum absolute atomic E-state index is 12.5. The first kappa shape index (κ1) is 18.7. The maximum Gasteiger partial charge on any atom is 0.260 e. The molecule has 1 atom stereocenters. The SMILES string of the molecule is Cc1cccc(OCC(=O)N2CC3(CC(COc4ccncc4)N(C)C3)C2)c1. The van der Waals surface area contributed by atoms with Gasteiger partial charge in [-0.15, -0.1) is 0 Å². The number of rotatable bonds is 6. The number of pyridine rings is 1. The Bertz CT molecular complexity index is 821. The van der Waals surface area contributed by atoms with Crippen molar-refractivity contribution in [1.29, 1.82) is 0 Å². The zero-order valence-electron chi connectivity index (χ0n) is 16.5. The lowest BCUT2D eigenvalue weighted by molar-refractivity contribution is -0.144. The fraction of sp³-hybridized carbons (Fsp3) is 0.455. The number of aromatic nitrogens is 1. The van der Waals surface area contributed by atoms with Crippen molar-refractivity contribution in [2.75, 3.05) is 39.9 Å². The Labute approximate surface area is 166 Å². The average molecular weight is 381 g/mol. The van der Waals surface area contributed by atoms with E-state index in [-0.39, 0.29) is 17.9 Å². The van der Waals surface area contributed by atoms with Gasteiger partial charge >= 0.3 is 0 Å². The smallest absolute Gasteiger partial charge is 0.260 e. The molecule has 2 aliphatic rings. The van der Waals surface area contributed by atoms with Crippen molar-refractivity contribution in [3.63, 3.8) is 0 Å². The van der Waals surface area contributed by atoms with E-state index in [0.717, 1.165) is 43.1 Å². The molecule has 148 valence electrons. The highest BCUT2D eigenvalue weighted by Crippen LogP contribution is 2.42. The highest BCUT2D eigenvalue weighted by molar-refractivity contribution is 5.78. The van der Waals surface area contributed by atoms with Crippen LogP contribution < -0.4 is 9.47 Å². The van der Waals surface area contributed by atoms with Crippen LogP contribution in [0.3, 0.4) is 0 Å². The summed E-state index contributed by atoms with van der Waals surface area (Å²) in [6, 6.07) is 11.9. The molecule has 0 N–H and O–H groups in total. The van der Waals surface area contributed by atoms with E-state index in [1.54, 1.807) is 12.4 Å². The predicted molar refractivity (Wildman–Crippen MR) is 106 cm³/mol. The first-order valence-electron chi connectivity index (χ1n) is 9.73. The Morgan fingerprint density at radius 3 is 2.68 bits per heavy atom. The molecule has 0 aliphatic carbocycles. The van der Waals surface area contributed by atoms with E-state index < -0.39 is 0 Å². The summed E-state index contributed by atoms with van der Waals surface area (Å²) < 4.78 is 11.6. The van der Waals surface area contributed by atoms with Crippen molar-refractivity contribution in [1.82, 2.24) is 14.8 Å². The van der Waals surface area contributed by atoms with Gasteiger partial charge in [0.1, 0.15) is 18.1 Å². The molecule has 3 heterocycles. The molecule has 2 aromatic rings. The fourth-order valence-electron chi connectivity index (χ4n) is 4.30. The van der Waals surface area contributed by atoms with Crippen LogP contribution in [-0.4, -0.2) is 66.6 Å². The topological polar surface area (TPSA) is 54.9 Å². The van der Waals surface area contributed by atoms with Crippen LogP contribution in [-0.2, 0) is 4.79 Å². The minimum Gasteiger partial charge on any atom is -0.492 e. The van der Waals surface area contributed by atoms with Crippen molar-refractivity contribution in [3.8, 4) is 11.5 Å². The third-order valence-corrected chi connectivity index (χ3v) is 5.73. The summed E-state index contributed by atoms with van der Waals surface area (Å²) in [4.78, 5) is 20.7. The fourth-order valence-corrected chi connectivity index (χ4v) is 4.30. The Kier molecular flexibility index (Phi) is 5.22. The third kappa shape index (κ3) is 4.12. The Balaban J connectivity index is 1.24. The number of carbonyl (C=O) groups excluding carboxylic acids is 1. The van der Waals surface area contributed by atoms with Crippen LogP contribution in [0.4, 0.5) is 0 Å². The molecule has 0 bridgehead atoms. The molecule has 1 aromatic heterocycles. The number of likely N-dealkylation sites (N-methyl/N-ethyl adjacent to an activating group) is 1. The van der Waals surface area contributed by atoms with E-state index in [1.165, 1.54) is 0 Å². The van der Waals surface area contributed by atoms with Crippen LogP contribution >= 0.6 is 0 Å². The van der Waals surface area contributed by atoms with Gasteiger partial charge in [0, 0.05) is 43.5 Å². The maximum atomic E-state index is 12.5. The van der Waals surface area contributed by atoms with Gasteiger partial charge in [0.2, 0.25) is 0 Å². The Morgan fingerprint density at radius 2 is 1.93 bits per heavy atom. The summed E-state index contributed by atoms with van der Waals surface area (Å²) in [5.74, 6) is 1.66. The second-order valence-corrected chi connectivity index (χ2v) is 8.12. The lowest BCUT2D eigenvalue weighted by Gasteiger charge is -2.48. The summed E-state index contributed by atoms with van der Waals surface area (Å²) in [7, 11) is 2.14. The van der Waals surface area contributed by atoms with Crippen LogP contribution in [0.5, 0.6) is 11.5 Å². The molecule has 6 nitrogen and oxygen atoms in total. The molecule has 6 heteroatoms. The zero-order chi connectivity index (χ0) is 19.6. The summed E-state index contributed by atoms with van der Waals surface area (Å²) in [5, 5.41) is 0. The van der Waals surface area contributed by atoms with Gasteiger partial charge in [-0.05, 0) is 50.2 Å². The predicted octanol–water partition coefficient (Wildman–Crippen LogP) is 2.38.